The Kier molecular flexibility index (Phi) is 24.6. The number of rotatable bonds is 21. The van der Waals surface area contributed by atoms with E-state index >= 15 is 0 Å². The molecule has 0 fully saturated rings. The first-order valence-electron chi connectivity index (χ1n) is 31.1. The molecule has 3 atom stereocenters. The zero-order valence-electron chi connectivity index (χ0n) is 56.5. The van der Waals surface area contributed by atoms with E-state index in [0.717, 1.165) is 45.0 Å². The van der Waals surface area contributed by atoms with Crippen LogP contribution in [0.2, 0.25) is 0 Å². The number of ether oxygens (including phenoxy) is 9. The molecule has 0 saturated heterocycles. The maximum Gasteiger partial charge on any atom is 0.338 e. The molecule has 0 radical (unpaired) electrons. The third kappa shape index (κ3) is 18.6. The summed E-state index contributed by atoms with van der Waals surface area (Å²) < 4.78 is 63.5. The van der Waals surface area contributed by atoms with Crippen LogP contribution in [0, 0.1) is 5.82 Å². The summed E-state index contributed by atoms with van der Waals surface area (Å²) in [7, 11) is 0. The van der Waals surface area contributed by atoms with E-state index in [-0.39, 0.29) is 39.4 Å². The molecule has 3 aliphatic carbocycles. The molecule has 19 heteroatoms. The largest absolute Gasteiger partial charge is 0.454 e. The van der Waals surface area contributed by atoms with Crippen molar-refractivity contribution in [3.05, 3.63) is 252 Å². The van der Waals surface area contributed by atoms with Crippen molar-refractivity contribution in [1.29, 1.82) is 0 Å². The van der Waals surface area contributed by atoms with Gasteiger partial charge in [0.25, 0.3) is 0 Å². The molecule has 3 aliphatic rings. The molecule has 510 valence electrons. The third-order valence-corrected chi connectivity index (χ3v) is 15.4. The topological polar surface area (TPSA) is 237 Å². The third-order valence-electron chi connectivity index (χ3n) is 15.4. The first-order chi connectivity index (χ1) is 46.8. The van der Waals surface area contributed by atoms with Crippen molar-refractivity contribution in [3.63, 3.8) is 0 Å². The van der Waals surface area contributed by atoms with Crippen molar-refractivity contribution >= 4 is 53.7 Å². The summed E-state index contributed by atoms with van der Waals surface area (Å²) in [6, 6.07) is 28.7. The Bertz CT molecular complexity index is 4420. The van der Waals surface area contributed by atoms with Crippen molar-refractivity contribution < 1.29 is 90.2 Å². The lowest BCUT2D eigenvalue weighted by molar-refractivity contribution is -0.145. The summed E-state index contributed by atoms with van der Waals surface area (Å²) in [4.78, 5) is 108. The standard InChI is InChI=1S/C27H25FO6.C27H26O6.C26H24O6/c1-14(2)25(29)32-21-10-7-17(13-20(21)28)18-8-11-22(33-26(30)15(3)4)24-19(18)9-12-23(24)34-27(31)16(5)6;1-15(2)25(28)31-19-9-7-18(8-10-19)20-11-13-22(32-26(29)16(3)4)24-21(20)12-14-23(24)33-27(30)17(5)6;1-6-23(27)31-21-14-12-20-19(11-13-22(24(20)21)32-26(29)16(4)5)17-7-9-18(10-8-17)30-25(28)15(2)3/h7-8,10-11,13,23H,1,3,5,9,12H2,2,4,6H3;7-11,13,23H,1,3,5,12,14H2,2,4,6H3;6-11,13,21H,1-2,4,12,14H2,3,5H3. The van der Waals surface area contributed by atoms with Crippen molar-refractivity contribution in [3.8, 4) is 67.9 Å². The molecule has 6 aromatic rings. The molecule has 6 aromatic carbocycles. The second kappa shape index (κ2) is 32.7. The van der Waals surface area contributed by atoms with Gasteiger partial charge in [0.05, 0.1) is 0 Å². The maximum atomic E-state index is 14.7. The van der Waals surface area contributed by atoms with Crippen LogP contribution in [0.25, 0.3) is 33.4 Å². The summed E-state index contributed by atoms with van der Waals surface area (Å²) in [6.07, 6.45) is 2.65. The summed E-state index contributed by atoms with van der Waals surface area (Å²) in [5.74, 6) is -4.23. The zero-order valence-corrected chi connectivity index (χ0v) is 56.5. The molecule has 0 amide bonds. The molecule has 0 aromatic heterocycles. The summed E-state index contributed by atoms with van der Waals surface area (Å²) in [5.41, 5.74) is 11.3. The Balaban J connectivity index is 0.000000209. The first-order valence-corrected chi connectivity index (χ1v) is 31.1. The van der Waals surface area contributed by atoms with E-state index < -0.39 is 77.9 Å². The van der Waals surface area contributed by atoms with Gasteiger partial charge in [-0.3, -0.25) is 0 Å². The number of carbonyl (C=O) groups excluding carboxylic acids is 9. The first kappa shape index (κ1) is 74.5. The number of hydrogen-bond acceptors (Lipinski definition) is 18. The minimum atomic E-state index is -0.724. The maximum absolute atomic E-state index is 14.7. The Morgan fingerprint density at radius 2 is 0.606 bits per heavy atom. The average Bonchev–Trinajstić information content (AvgIpc) is 1.69. The van der Waals surface area contributed by atoms with E-state index in [2.05, 4.69) is 59.2 Å². The van der Waals surface area contributed by atoms with Gasteiger partial charge in [-0.15, -0.1) is 0 Å². The highest BCUT2D eigenvalue weighted by Crippen LogP contribution is 2.49. The molecular formula is C80H75FO18. The zero-order chi connectivity index (χ0) is 72.9. The van der Waals surface area contributed by atoms with Crippen molar-refractivity contribution in [2.45, 2.75) is 112 Å². The van der Waals surface area contributed by atoms with E-state index in [1.54, 1.807) is 96.1 Å². The summed E-state index contributed by atoms with van der Waals surface area (Å²) >= 11 is 0. The quantitative estimate of drug-likeness (QED) is 0.0282. The van der Waals surface area contributed by atoms with Gasteiger partial charge < -0.3 is 42.6 Å². The molecule has 18 nitrogen and oxygen atoms in total. The van der Waals surface area contributed by atoms with Crippen molar-refractivity contribution in [1.82, 2.24) is 0 Å². The minimum absolute atomic E-state index is 0.150. The lowest BCUT2D eigenvalue weighted by Crippen LogP contribution is -2.14. The van der Waals surface area contributed by atoms with Crippen molar-refractivity contribution in [2.24, 2.45) is 0 Å². The highest BCUT2D eigenvalue weighted by atomic mass is 19.1. The number of carbonyl (C=O) groups is 9. The molecule has 9 rings (SSSR count). The van der Waals surface area contributed by atoms with Crippen LogP contribution >= 0.6 is 0 Å². The van der Waals surface area contributed by atoms with Gasteiger partial charge in [0.1, 0.15) is 47.1 Å². The second-order valence-electron chi connectivity index (χ2n) is 23.8. The van der Waals surface area contributed by atoms with Gasteiger partial charge in [-0.25, -0.2) is 47.5 Å². The van der Waals surface area contributed by atoms with E-state index in [9.17, 15) is 47.5 Å². The van der Waals surface area contributed by atoms with Gasteiger partial charge in [-0.1, -0.05) is 108 Å². The van der Waals surface area contributed by atoms with Crippen LogP contribution in [-0.2, 0) is 76.6 Å². The average molecular weight is 1340 g/mol. The Morgan fingerprint density at radius 3 is 0.899 bits per heavy atom. The Labute approximate surface area is 573 Å². The van der Waals surface area contributed by atoms with Crippen LogP contribution in [0.15, 0.2) is 213 Å². The van der Waals surface area contributed by atoms with Gasteiger partial charge >= 0.3 is 53.7 Å². The van der Waals surface area contributed by atoms with Gasteiger partial charge in [-0.05, 0) is 199 Å². The van der Waals surface area contributed by atoms with Gasteiger partial charge in [-0.2, -0.15) is 0 Å². The monoisotopic (exact) mass is 1340 g/mol. The number of hydrogen-bond donors (Lipinski definition) is 0. The van der Waals surface area contributed by atoms with Crippen LogP contribution in [0.4, 0.5) is 4.39 Å². The number of fused-ring (bicyclic) bond motifs is 3. The lowest BCUT2D eigenvalue weighted by Gasteiger charge is -2.18. The van der Waals surface area contributed by atoms with Crippen molar-refractivity contribution in [2.75, 3.05) is 0 Å². The molecular weight excluding hydrogens is 1270 g/mol. The van der Waals surface area contributed by atoms with Crippen LogP contribution in [0.5, 0.6) is 34.5 Å². The fourth-order valence-electron chi connectivity index (χ4n) is 10.4. The highest BCUT2D eigenvalue weighted by molar-refractivity contribution is 5.94. The Hall–Kier alpha value is -11.9. The Morgan fingerprint density at radius 1 is 0.343 bits per heavy atom. The smallest absolute Gasteiger partial charge is 0.338 e. The predicted octanol–water partition coefficient (Wildman–Crippen LogP) is 16.0. The lowest BCUT2D eigenvalue weighted by atomic mass is 9.95. The number of benzene rings is 6. The normalized spacial score (nSPS) is 14.1. The fraction of sp³-hybridized carbons (Fsp3) is 0.212. The summed E-state index contributed by atoms with van der Waals surface area (Å²) in [6.45, 7) is 44.6. The van der Waals surface area contributed by atoms with Gasteiger partial charge in [0.15, 0.2) is 11.6 Å². The van der Waals surface area contributed by atoms with E-state index in [4.69, 9.17) is 42.6 Å². The van der Waals surface area contributed by atoms with E-state index in [1.807, 2.05) is 36.4 Å². The summed E-state index contributed by atoms with van der Waals surface area (Å²) in [5, 5.41) is 0. The predicted molar refractivity (Wildman–Crippen MR) is 370 cm³/mol. The van der Waals surface area contributed by atoms with E-state index in [0.29, 0.717) is 106 Å². The molecule has 0 heterocycles. The molecule has 0 aliphatic heterocycles. The number of halogens is 1. The minimum Gasteiger partial charge on any atom is -0.454 e. The van der Waals surface area contributed by atoms with Crippen LogP contribution < -0.4 is 28.4 Å². The van der Waals surface area contributed by atoms with E-state index in [1.165, 1.54) is 26.0 Å². The molecule has 99 heavy (non-hydrogen) atoms. The van der Waals surface area contributed by atoms with Crippen LogP contribution in [0.3, 0.4) is 0 Å². The molecule has 0 bridgehead atoms. The highest BCUT2D eigenvalue weighted by Gasteiger charge is 2.36. The molecule has 0 N–H and O–H groups in total. The molecule has 0 spiro atoms. The molecule has 3 unspecified atom stereocenters. The number of esters is 9. The SMILES string of the molecule is C=C(C)C(=O)Oc1ccc(-c2ccc(OC(=O)C(=C)C)c3c2CCC3OC(=O)C(=C)C)cc1.C=C(C)C(=O)Oc1ccc(-c2ccc(OC(=O)C(=C)C)c3c2CCC3OC(=O)C(=C)C)cc1F.C=CC(=O)OC1CCc2c(-c3ccc(OC(=O)C(=C)C)cc3)ccc(OC(=O)C(=C)C)c21. The van der Waals surface area contributed by atoms with Gasteiger partial charge in [0.2, 0.25) is 0 Å². The molecule has 0 saturated carbocycles. The van der Waals surface area contributed by atoms with Gasteiger partial charge in [0, 0.05) is 67.4 Å². The van der Waals surface area contributed by atoms with Crippen LogP contribution in [0.1, 0.15) is 126 Å². The second-order valence-corrected chi connectivity index (χ2v) is 23.8. The van der Waals surface area contributed by atoms with Crippen LogP contribution in [-0.4, -0.2) is 53.7 Å². The fourth-order valence-corrected chi connectivity index (χ4v) is 10.4.